The van der Waals surface area contributed by atoms with Gasteiger partial charge in [0.05, 0.1) is 15.9 Å². The topological polar surface area (TPSA) is 25.2 Å². The zero-order valence-corrected chi connectivity index (χ0v) is 14.1. The summed E-state index contributed by atoms with van der Waals surface area (Å²) in [5.74, 6) is 0. The van der Waals surface area contributed by atoms with Gasteiger partial charge >= 0.3 is 0 Å². The molecule has 0 aliphatic carbocycles. The smallest absolute Gasteiger partial charge is 0.124 e. The Kier molecular flexibility index (Phi) is 3.93. The third kappa shape index (κ3) is 3.12. The molecule has 0 fully saturated rings. The van der Waals surface area contributed by atoms with Crippen LogP contribution in [0.4, 0.5) is 5.69 Å². The fourth-order valence-electron chi connectivity index (χ4n) is 2.53. The van der Waals surface area contributed by atoms with Crippen molar-refractivity contribution < 1.29 is 0 Å². The number of benzene rings is 3. The molecule has 116 valence electrons. The molecule has 0 radical (unpaired) electrons. The van der Waals surface area contributed by atoms with E-state index in [1.807, 2.05) is 48.7 Å². The maximum Gasteiger partial charge on any atom is 0.124 e. The van der Waals surface area contributed by atoms with Gasteiger partial charge < -0.3 is 0 Å². The van der Waals surface area contributed by atoms with Crippen molar-refractivity contribution in [3.63, 3.8) is 0 Å². The van der Waals surface area contributed by atoms with Crippen LogP contribution in [0.25, 0.3) is 20.8 Å². The average molecular weight is 328 g/mol. The molecule has 24 heavy (non-hydrogen) atoms. The van der Waals surface area contributed by atoms with Gasteiger partial charge in [0.15, 0.2) is 0 Å². The van der Waals surface area contributed by atoms with Crippen LogP contribution in [0.1, 0.15) is 11.1 Å². The van der Waals surface area contributed by atoms with Gasteiger partial charge in [-0.05, 0) is 54.4 Å². The number of rotatable bonds is 3. The molecule has 0 saturated heterocycles. The number of aryl methyl sites for hydroxylation is 1. The number of hydrogen-bond acceptors (Lipinski definition) is 3. The van der Waals surface area contributed by atoms with E-state index < -0.39 is 0 Å². The van der Waals surface area contributed by atoms with E-state index in [2.05, 4.69) is 42.2 Å². The van der Waals surface area contributed by atoms with Gasteiger partial charge in [0, 0.05) is 11.8 Å². The standard InChI is InChI=1S/C21H16N2S/c1-15-7-12-19-20(13-15)24-21(23-19)17-8-10-18(11-9-17)22-14-16-5-3-2-4-6-16/h2-14H,1H3. The van der Waals surface area contributed by atoms with Gasteiger partial charge in [-0.1, -0.05) is 36.4 Å². The average Bonchev–Trinajstić information content (AvgIpc) is 3.04. The lowest BCUT2D eigenvalue weighted by molar-refractivity contribution is 1.45. The number of fused-ring (bicyclic) bond motifs is 1. The Balaban J connectivity index is 1.59. The minimum atomic E-state index is 0.944. The van der Waals surface area contributed by atoms with Crippen molar-refractivity contribution in [3.05, 3.63) is 83.9 Å². The van der Waals surface area contributed by atoms with Crippen LogP contribution in [0.2, 0.25) is 0 Å². The molecule has 0 unspecified atom stereocenters. The van der Waals surface area contributed by atoms with Crippen LogP contribution in [0.5, 0.6) is 0 Å². The fourth-order valence-corrected chi connectivity index (χ4v) is 3.60. The van der Waals surface area contributed by atoms with E-state index in [1.54, 1.807) is 11.3 Å². The first kappa shape index (κ1) is 14.8. The molecule has 0 saturated carbocycles. The van der Waals surface area contributed by atoms with Crippen molar-refractivity contribution in [2.45, 2.75) is 6.92 Å². The summed E-state index contributed by atoms with van der Waals surface area (Å²) in [5, 5.41) is 1.05. The predicted molar refractivity (Wildman–Crippen MR) is 103 cm³/mol. The Morgan fingerprint density at radius 2 is 1.71 bits per heavy atom. The Bertz CT molecular complexity index is 999. The molecule has 0 amide bonds. The molecule has 4 aromatic rings. The van der Waals surface area contributed by atoms with Crippen LogP contribution >= 0.6 is 11.3 Å². The molecule has 3 aromatic carbocycles. The summed E-state index contributed by atoms with van der Waals surface area (Å²) in [5.41, 5.74) is 5.50. The van der Waals surface area contributed by atoms with Gasteiger partial charge in [-0.15, -0.1) is 11.3 Å². The lowest BCUT2D eigenvalue weighted by Gasteiger charge is -1.97. The monoisotopic (exact) mass is 328 g/mol. The van der Waals surface area contributed by atoms with Crippen molar-refractivity contribution in [1.29, 1.82) is 0 Å². The van der Waals surface area contributed by atoms with E-state index in [1.165, 1.54) is 10.3 Å². The van der Waals surface area contributed by atoms with Crippen LogP contribution in [-0.2, 0) is 0 Å². The second-order valence-corrected chi connectivity index (χ2v) is 6.74. The lowest BCUT2D eigenvalue weighted by Crippen LogP contribution is -1.79. The quantitative estimate of drug-likeness (QED) is 0.422. The molecule has 1 aromatic heterocycles. The maximum atomic E-state index is 4.73. The van der Waals surface area contributed by atoms with E-state index in [0.717, 1.165) is 27.3 Å². The highest BCUT2D eigenvalue weighted by molar-refractivity contribution is 7.21. The third-order valence-corrected chi connectivity index (χ3v) is 4.89. The van der Waals surface area contributed by atoms with Gasteiger partial charge in [-0.25, -0.2) is 4.98 Å². The highest BCUT2D eigenvalue weighted by Crippen LogP contribution is 2.31. The molecule has 0 aliphatic heterocycles. The highest BCUT2D eigenvalue weighted by atomic mass is 32.1. The summed E-state index contributed by atoms with van der Waals surface area (Å²) < 4.78 is 1.23. The number of aromatic nitrogens is 1. The number of thiazole rings is 1. The Labute approximate surface area is 145 Å². The van der Waals surface area contributed by atoms with Crippen molar-refractivity contribution in [2.75, 3.05) is 0 Å². The van der Waals surface area contributed by atoms with Gasteiger partial charge in [0.1, 0.15) is 5.01 Å². The van der Waals surface area contributed by atoms with E-state index >= 15 is 0 Å². The van der Waals surface area contributed by atoms with Crippen molar-refractivity contribution in [2.24, 2.45) is 4.99 Å². The van der Waals surface area contributed by atoms with E-state index in [-0.39, 0.29) is 0 Å². The third-order valence-electron chi connectivity index (χ3n) is 3.82. The molecule has 1 heterocycles. The zero-order valence-electron chi connectivity index (χ0n) is 13.3. The summed E-state index contributed by atoms with van der Waals surface area (Å²) in [7, 11) is 0. The molecule has 0 aliphatic rings. The van der Waals surface area contributed by atoms with E-state index in [0.29, 0.717) is 0 Å². The van der Waals surface area contributed by atoms with Crippen LogP contribution < -0.4 is 0 Å². The van der Waals surface area contributed by atoms with Crippen molar-refractivity contribution >= 4 is 33.5 Å². The van der Waals surface area contributed by atoms with Gasteiger partial charge in [0.25, 0.3) is 0 Å². The van der Waals surface area contributed by atoms with Crippen LogP contribution in [-0.4, -0.2) is 11.2 Å². The first-order chi connectivity index (χ1) is 11.8. The van der Waals surface area contributed by atoms with E-state index in [4.69, 9.17) is 4.98 Å². The summed E-state index contributed by atoms with van der Waals surface area (Å²) in [6.45, 7) is 2.11. The molecule has 0 bridgehead atoms. The van der Waals surface area contributed by atoms with Crippen molar-refractivity contribution in [1.82, 2.24) is 4.98 Å². The summed E-state index contributed by atoms with van der Waals surface area (Å²) in [4.78, 5) is 9.25. The van der Waals surface area contributed by atoms with Crippen LogP contribution in [0.3, 0.4) is 0 Å². The maximum absolute atomic E-state index is 4.73. The second-order valence-electron chi connectivity index (χ2n) is 5.71. The van der Waals surface area contributed by atoms with Crippen molar-refractivity contribution in [3.8, 4) is 10.6 Å². The largest absolute Gasteiger partial charge is 0.256 e. The Morgan fingerprint density at radius 3 is 2.50 bits per heavy atom. The number of nitrogens with zero attached hydrogens (tertiary/aromatic N) is 2. The normalized spacial score (nSPS) is 11.4. The highest BCUT2D eigenvalue weighted by Gasteiger charge is 2.06. The molecule has 0 spiro atoms. The SMILES string of the molecule is Cc1ccc2nc(-c3ccc(N=Cc4ccccc4)cc3)sc2c1. The fraction of sp³-hybridized carbons (Fsp3) is 0.0476. The summed E-state index contributed by atoms with van der Waals surface area (Å²) in [6.07, 6.45) is 1.88. The number of aliphatic imine (C=N–C) groups is 1. The molecular formula is C21H16N2S. The first-order valence-corrected chi connectivity index (χ1v) is 8.66. The molecule has 2 nitrogen and oxygen atoms in total. The van der Waals surface area contributed by atoms with Crippen LogP contribution in [0.15, 0.2) is 77.8 Å². The minimum absolute atomic E-state index is 0.944. The zero-order chi connectivity index (χ0) is 16.4. The van der Waals surface area contributed by atoms with Gasteiger partial charge in [-0.2, -0.15) is 0 Å². The summed E-state index contributed by atoms with van der Waals surface area (Å²) >= 11 is 1.73. The van der Waals surface area contributed by atoms with Gasteiger partial charge in [-0.3, -0.25) is 4.99 Å². The molecular weight excluding hydrogens is 312 g/mol. The molecule has 3 heteroatoms. The molecule has 0 atom stereocenters. The Morgan fingerprint density at radius 1 is 0.917 bits per heavy atom. The minimum Gasteiger partial charge on any atom is -0.256 e. The second kappa shape index (κ2) is 6.38. The van der Waals surface area contributed by atoms with E-state index in [9.17, 15) is 0 Å². The summed E-state index contributed by atoms with van der Waals surface area (Å²) in [6, 6.07) is 24.7. The molecule has 4 rings (SSSR count). The number of hydrogen-bond donors (Lipinski definition) is 0. The molecule has 0 N–H and O–H groups in total. The lowest BCUT2D eigenvalue weighted by atomic mass is 10.2. The predicted octanol–water partition coefficient (Wildman–Crippen LogP) is 6.02. The first-order valence-electron chi connectivity index (χ1n) is 7.85. The Hall–Kier alpha value is -2.78. The van der Waals surface area contributed by atoms with Gasteiger partial charge in [0.2, 0.25) is 0 Å². The van der Waals surface area contributed by atoms with Crippen LogP contribution in [0, 0.1) is 6.92 Å².